The van der Waals surface area contributed by atoms with Crippen LogP contribution in [0.2, 0.25) is 0 Å². The molecule has 34 heavy (non-hydrogen) atoms. The number of halogens is 1. The Balaban J connectivity index is 1.56. The van der Waals surface area contributed by atoms with Gasteiger partial charge >= 0.3 is 5.82 Å². The first-order chi connectivity index (χ1) is 16.1. The molecule has 1 aromatic carbocycles. The zero-order valence-electron chi connectivity index (χ0n) is 19.0. The van der Waals surface area contributed by atoms with Gasteiger partial charge < -0.3 is 20.0 Å². The van der Waals surface area contributed by atoms with Gasteiger partial charge in [-0.05, 0) is 50.3 Å². The van der Waals surface area contributed by atoms with E-state index in [0.29, 0.717) is 34.9 Å². The number of nitrogens with one attached hydrogen (secondary N) is 1. The minimum Gasteiger partial charge on any atom is -0.361 e. The number of aryl methyl sites for hydroxylation is 3. The van der Waals surface area contributed by atoms with Crippen LogP contribution < -0.4 is 5.32 Å². The number of rotatable bonds is 7. The van der Waals surface area contributed by atoms with Crippen molar-refractivity contribution in [3.05, 3.63) is 84.6 Å². The fraction of sp³-hybridized carbons (Fsp3) is 0.273. The lowest BCUT2D eigenvalue weighted by molar-refractivity contribution is -0.389. The summed E-state index contributed by atoms with van der Waals surface area (Å²) in [6.45, 7) is 7.76. The molecule has 0 unspecified atom stereocenters. The molecule has 0 saturated carbocycles. The number of anilines is 1. The van der Waals surface area contributed by atoms with E-state index in [0.717, 1.165) is 15.7 Å². The molecule has 0 aliphatic rings. The second kappa shape index (κ2) is 9.21. The van der Waals surface area contributed by atoms with E-state index in [-0.39, 0.29) is 18.1 Å². The van der Waals surface area contributed by atoms with Crippen molar-refractivity contribution in [2.45, 2.75) is 40.8 Å². The van der Waals surface area contributed by atoms with E-state index in [9.17, 15) is 14.9 Å². The largest absolute Gasteiger partial charge is 0.390 e. The molecule has 0 radical (unpaired) electrons. The molecule has 3 aromatic heterocycles. The van der Waals surface area contributed by atoms with Crippen LogP contribution in [0.5, 0.6) is 0 Å². The topological polar surface area (TPSA) is 134 Å². The maximum absolute atomic E-state index is 13.1. The lowest BCUT2D eigenvalue weighted by Crippen LogP contribution is -2.17. The third-order valence-corrected chi connectivity index (χ3v) is 6.06. The Bertz CT molecular complexity index is 1390. The second-order valence-corrected chi connectivity index (χ2v) is 8.82. The molecule has 0 fully saturated rings. The van der Waals surface area contributed by atoms with Crippen LogP contribution in [0.1, 0.15) is 44.5 Å². The van der Waals surface area contributed by atoms with Crippen molar-refractivity contribution < 1.29 is 14.2 Å². The van der Waals surface area contributed by atoms with Crippen LogP contribution in [0.4, 0.5) is 11.5 Å². The van der Waals surface area contributed by atoms with Crippen molar-refractivity contribution in [2.75, 3.05) is 5.32 Å². The van der Waals surface area contributed by atoms with Gasteiger partial charge in [0.2, 0.25) is 0 Å². The molecular formula is C22H22BrN7O4. The average Bonchev–Trinajstić information content (AvgIpc) is 3.42. The molecular weight excluding hydrogens is 506 g/mol. The van der Waals surface area contributed by atoms with Gasteiger partial charge in [-0.25, -0.2) is 0 Å². The monoisotopic (exact) mass is 527 g/mol. The molecule has 1 N–H and O–H groups in total. The fourth-order valence-electron chi connectivity index (χ4n) is 3.61. The first-order valence-electron chi connectivity index (χ1n) is 10.4. The number of nitro groups is 1. The van der Waals surface area contributed by atoms with E-state index in [2.05, 4.69) is 36.6 Å². The number of benzene rings is 1. The Labute approximate surface area is 203 Å². The molecule has 11 nitrogen and oxygen atoms in total. The number of amides is 1. The summed E-state index contributed by atoms with van der Waals surface area (Å²) >= 11 is 3.43. The standard InChI is InChI=1S/C22H22BrN7O4/c1-12-9-19(30(32)33)26-28(12)11-18-15(4)34-27-21(18)22(31)24-20-13(2)25-29(14(20)3)10-16-5-7-17(23)8-6-16/h5-9H,10-11H2,1-4H3,(H,24,31). The van der Waals surface area contributed by atoms with E-state index < -0.39 is 10.8 Å². The molecule has 3 heterocycles. The Kier molecular flexibility index (Phi) is 6.33. The van der Waals surface area contributed by atoms with Crippen molar-refractivity contribution in [3.63, 3.8) is 0 Å². The van der Waals surface area contributed by atoms with Crippen LogP contribution in [-0.2, 0) is 13.1 Å². The van der Waals surface area contributed by atoms with E-state index in [1.54, 1.807) is 13.8 Å². The average molecular weight is 528 g/mol. The van der Waals surface area contributed by atoms with Gasteiger partial charge in [0, 0.05) is 4.47 Å². The molecule has 4 rings (SSSR count). The molecule has 176 valence electrons. The molecule has 0 aliphatic carbocycles. The van der Waals surface area contributed by atoms with Crippen molar-refractivity contribution in [3.8, 4) is 0 Å². The maximum Gasteiger partial charge on any atom is 0.390 e. The summed E-state index contributed by atoms with van der Waals surface area (Å²) in [4.78, 5) is 23.6. The Morgan fingerprint density at radius 2 is 1.82 bits per heavy atom. The second-order valence-electron chi connectivity index (χ2n) is 7.91. The van der Waals surface area contributed by atoms with E-state index in [1.165, 1.54) is 10.7 Å². The highest BCUT2D eigenvalue weighted by Gasteiger charge is 2.25. The Morgan fingerprint density at radius 3 is 2.47 bits per heavy atom. The first-order valence-corrected chi connectivity index (χ1v) is 11.2. The van der Waals surface area contributed by atoms with Gasteiger partial charge in [-0.15, -0.1) is 0 Å². The third kappa shape index (κ3) is 4.62. The van der Waals surface area contributed by atoms with Crippen molar-refractivity contribution in [2.24, 2.45) is 0 Å². The van der Waals surface area contributed by atoms with Crippen LogP contribution in [0, 0.1) is 37.8 Å². The zero-order chi connectivity index (χ0) is 24.6. The van der Waals surface area contributed by atoms with Gasteiger partial charge in [-0.3, -0.25) is 9.48 Å². The van der Waals surface area contributed by atoms with Crippen molar-refractivity contribution in [1.29, 1.82) is 0 Å². The number of hydrogen-bond acceptors (Lipinski definition) is 7. The highest BCUT2D eigenvalue weighted by atomic mass is 79.9. The van der Waals surface area contributed by atoms with Crippen LogP contribution in [0.3, 0.4) is 0 Å². The summed E-state index contributed by atoms with van der Waals surface area (Å²) in [5.74, 6) is -0.287. The Morgan fingerprint density at radius 1 is 1.12 bits per heavy atom. The molecule has 0 bridgehead atoms. The number of carbonyl (C=O) groups excluding carboxylic acids is 1. The normalized spacial score (nSPS) is 11.1. The van der Waals surface area contributed by atoms with Gasteiger partial charge in [0.25, 0.3) is 5.91 Å². The Hall–Kier alpha value is -3.80. The minimum atomic E-state index is -0.560. The number of carbonyl (C=O) groups is 1. The zero-order valence-corrected chi connectivity index (χ0v) is 20.6. The van der Waals surface area contributed by atoms with E-state index in [1.807, 2.05) is 42.8 Å². The highest BCUT2D eigenvalue weighted by molar-refractivity contribution is 9.10. The molecule has 12 heteroatoms. The minimum absolute atomic E-state index is 0.0921. The van der Waals surface area contributed by atoms with E-state index >= 15 is 0 Å². The van der Waals surface area contributed by atoms with Gasteiger partial charge in [-0.1, -0.05) is 33.2 Å². The van der Waals surface area contributed by atoms with Crippen LogP contribution in [-0.4, -0.2) is 35.5 Å². The van der Waals surface area contributed by atoms with Gasteiger partial charge in [-0.2, -0.15) is 9.78 Å². The van der Waals surface area contributed by atoms with Gasteiger partial charge in [0.1, 0.15) is 5.76 Å². The fourth-order valence-corrected chi connectivity index (χ4v) is 3.88. The summed E-state index contributed by atoms with van der Waals surface area (Å²) in [6.07, 6.45) is 0. The van der Waals surface area contributed by atoms with Crippen LogP contribution >= 0.6 is 15.9 Å². The summed E-state index contributed by atoms with van der Waals surface area (Å²) in [5, 5.41) is 26.4. The van der Waals surface area contributed by atoms with Crippen LogP contribution in [0.15, 0.2) is 39.3 Å². The number of nitrogens with zero attached hydrogens (tertiary/aromatic N) is 6. The van der Waals surface area contributed by atoms with Crippen molar-refractivity contribution in [1.82, 2.24) is 24.7 Å². The van der Waals surface area contributed by atoms with Crippen molar-refractivity contribution >= 4 is 33.3 Å². The SMILES string of the molecule is Cc1nn(Cc2ccc(Br)cc2)c(C)c1NC(=O)c1noc(C)c1Cn1nc([N+](=O)[O-])cc1C. The molecule has 0 saturated heterocycles. The third-order valence-electron chi connectivity index (χ3n) is 5.53. The predicted octanol–water partition coefficient (Wildman–Crippen LogP) is 4.32. The van der Waals surface area contributed by atoms with Gasteiger partial charge in [0.05, 0.1) is 52.6 Å². The maximum atomic E-state index is 13.1. The lowest BCUT2D eigenvalue weighted by atomic mass is 10.1. The smallest absolute Gasteiger partial charge is 0.361 e. The molecule has 0 aliphatic heterocycles. The highest BCUT2D eigenvalue weighted by Crippen LogP contribution is 2.24. The lowest BCUT2D eigenvalue weighted by Gasteiger charge is -2.07. The molecule has 0 spiro atoms. The number of hydrogen-bond donors (Lipinski definition) is 1. The first kappa shape index (κ1) is 23.4. The summed E-state index contributed by atoms with van der Waals surface area (Å²) in [7, 11) is 0. The van der Waals surface area contributed by atoms with E-state index in [4.69, 9.17) is 4.52 Å². The summed E-state index contributed by atoms with van der Waals surface area (Å²) in [6, 6.07) is 9.31. The predicted molar refractivity (Wildman–Crippen MR) is 127 cm³/mol. The summed E-state index contributed by atoms with van der Waals surface area (Å²) in [5.41, 5.74) is 4.31. The quantitative estimate of drug-likeness (QED) is 0.279. The van der Waals surface area contributed by atoms with Crippen LogP contribution in [0.25, 0.3) is 0 Å². The molecule has 4 aromatic rings. The number of aromatic nitrogens is 5. The molecule has 1 amide bonds. The van der Waals surface area contributed by atoms with Gasteiger partial charge in [0.15, 0.2) is 5.69 Å². The summed E-state index contributed by atoms with van der Waals surface area (Å²) < 4.78 is 9.54. The molecule has 0 atom stereocenters.